The third kappa shape index (κ3) is 2.64. The smallest absolute Gasteiger partial charge is 0.266 e. The third-order valence-electron chi connectivity index (χ3n) is 3.09. The number of para-hydroxylation sites is 1. The highest BCUT2D eigenvalue weighted by Crippen LogP contribution is 2.29. The van der Waals surface area contributed by atoms with Crippen molar-refractivity contribution in [1.82, 2.24) is 14.8 Å². The first-order valence-corrected chi connectivity index (χ1v) is 8.71. The lowest BCUT2D eigenvalue weighted by molar-refractivity contribution is 0.600. The third-order valence-corrected chi connectivity index (χ3v) is 5.44. The summed E-state index contributed by atoms with van der Waals surface area (Å²) in [6, 6.07) is 5.80. The molecule has 0 bridgehead atoms. The van der Waals surface area contributed by atoms with E-state index in [0.717, 1.165) is 15.8 Å². The van der Waals surface area contributed by atoms with Gasteiger partial charge >= 0.3 is 0 Å². The number of sulfonamides is 1. The van der Waals surface area contributed by atoms with Crippen molar-refractivity contribution in [3.63, 3.8) is 0 Å². The van der Waals surface area contributed by atoms with Crippen LogP contribution in [0, 0.1) is 6.92 Å². The second kappa shape index (κ2) is 5.12. The lowest BCUT2D eigenvalue weighted by Gasteiger charge is -2.01. The lowest BCUT2D eigenvalue weighted by atomic mass is 10.2. The molecule has 0 radical (unpaired) electrons. The van der Waals surface area contributed by atoms with Gasteiger partial charge in [-0.25, -0.2) is 13.4 Å². The van der Waals surface area contributed by atoms with Crippen molar-refractivity contribution < 1.29 is 8.42 Å². The van der Waals surface area contributed by atoms with Crippen LogP contribution in [0.25, 0.3) is 10.2 Å². The summed E-state index contributed by atoms with van der Waals surface area (Å²) in [5, 5.41) is 4.34. The normalized spacial score (nSPS) is 11.9. The minimum absolute atomic E-state index is 0.139. The monoisotopic (exact) mass is 322 g/mol. The van der Waals surface area contributed by atoms with E-state index in [1.165, 1.54) is 23.7 Å². The number of nitrogens with zero attached hydrogens (tertiary/aromatic N) is 3. The largest absolute Gasteiger partial charge is 0.272 e. The van der Waals surface area contributed by atoms with E-state index in [2.05, 4.69) is 14.8 Å². The van der Waals surface area contributed by atoms with E-state index in [-0.39, 0.29) is 4.90 Å². The molecule has 0 amide bonds. The maximum atomic E-state index is 12.3. The molecule has 0 saturated heterocycles. The molecule has 0 unspecified atom stereocenters. The highest BCUT2D eigenvalue weighted by Gasteiger charge is 2.18. The standard InChI is InChI=1S/C13H14N4O2S2/c1-3-17-8-10(7-14-17)21(18,19)16-13-15-12-9(2)5-4-6-11(12)20-13/h4-8H,3H2,1-2H3,(H,15,16). The van der Waals surface area contributed by atoms with Crippen LogP contribution in [-0.2, 0) is 16.6 Å². The zero-order valence-corrected chi connectivity index (χ0v) is 13.2. The first-order valence-electron chi connectivity index (χ1n) is 6.41. The van der Waals surface area contributed by atoms with Crippen LogP contribution in [0.5, 0.6) is 0 Å². The minimum Gasteiger partial charge on any atom is -0.272 e. The van der Waals surface area contributed by atoms with Gasteiger partial charge in [-0.05, 0) is 25.5 Å². The molecule has 2 aromatic heterocycles. The zero-order chi connectivity index (χ0) is 15.0. The topological polar surface area (TPSA) is 76.9 Å². The fourth-order valence-electron chi connectivity index (χ4n) is 1.96. The van der Waals surface area contributed by atoms with Crippen LogP contribution in [0.15, 0.2) is 35.5 Å². The summed E-state index contributed by atoms with van der Waals surface area (Å²) in [6.07, 6.45) is 2.84. The van der Waals surface area contributed by atoms with Gasteiger partial charge in [0, 0.05) is 12.7 Å². The van der Waals surface area contributed by atoms with Crippen LogP contribution in [0.3, 0.4) is 0 Å². The quantitative estimate of drug-likeness (QED) is 0.801. The fraction of sp³-hybridized carbons (Fsp3) is 0.231. The molecule has 110 valence electrons. The van der Waals surface area contributed by atoms with Crippen LogP contribution in [0.1, 0.15) is 12.5 Å². The molecule has 3 rings (SSSR count). The SMILES string of the molecule is CCn1cc(S(=O)(=O)Nc2nc3c(C)cccc3s2)cn1. The predicted octanol–water partition coefficient (Wildman–Crippen LogP) is 2.62. The highest BCUT2D eigenvalue weighted by atomic mass is 32.2. The van der Waals surface area contributed by atoms with Crippen LogP contribution in [-0.4, -0.2) is 23.2 Å². The highest BCUT2D eigenvalue weighted by molar-refractivity contribution is 7.93. The first-order chi connectivity index (χ1) is 9.99. The lowest BCUT2D eigenvalue weighted by Crippen LogP contribution is -2.12. The van der Waals surface area contributed by atoms with Crippen molar-refractivity contribution in [2.75, 3.05) is 4.72 Å². The van der Waals surface area contributed by atoms with Gasteiger partial charge in [0.25, 0.3) is 10.0 Å². The van der Waals surface area contributed by atoms with Crippen molar-refractivity contribution in [3.05, 3.63) is 36.2 Å². The Labute approximate surface area is 126 Å². The maximum Gasteiger partial charge on any atom is 0.266 e. The average Bonchev–Trinajstić information content (AvgIpc) is 3.05. The van der Waals surface area contributed by atoms with Gasteiger partial charge in [-0.2, -0.15) is 5.10 Å². The Kier molecular flexibility index (Phi) is 3.42. The van der Waals surface area contributed by atoms with Crippen molar-refractivity contribution in [1.29, 1.82) is 0 Å². The Bertz CT molecular complexity index is 896. The molecule has 3 aromatic rings. The van der Waals surface area contributed by atoms with Crippen molar-refractivity contribution in [2.24, 2.45) is 0 Å². The van der Waals surface area contributed by atoms with Gasteiger partial charge in [-0.15, -0.1) is 0 Å². The summed E-state index contributed by atoms with van der Waals surface area (Å²) in [5.41, 5.74) is 1.84. The van der Waals surface area contributed by atoms with Crippen molar-refractivity contribution in [3.8, 4) is 0 Å². The van der Waals surface area contributed by atoms with E-state index in [1.54, 1.807) is 4.68 Å². The van der Waals surface area contributed by atoms with Crippen molar-refractivity contribution in [2.45, 2.75) is 25.3 Å². The van der Waals surface area contributed by atoms with E-state index in [4.69, 9.17) is 0 Å². The minimum atomic E-state index is -3.65. The molecule has 8 heteroatoms. The molecule has 0 aliphatic carbocycles. The summed E-state index contributed by atoms with van der Waals surface area (Å²) in [5.74, 6) is 0. The summed E-state index contributed by atoms with van der Waals surface area (Å²) in [6.45, 7) is 4.47. The van der Waals surface area contributed by atoms with E-state index >= 15 is 0 Å². The van der Waals surface area contributed by atoms with E-state index in [0.29, 0.717) is 11.7 Å². The predicted molar refractivity (Wildman–Crippen MR) is 83.1 cm³/mol. The second-order valence-corrected chi connectivity index (χ2v) is 7.29. The number of thiazole rings is 1. The van der Waals surface area contributed by atoms with Crippen LogP contribution in [0.2, 0.25) is 0 Å². The maximum absolute atomic E-state index is 12.3. The fourth-order valence-corrected chi connectivity index (χ4v) is 4.09. The van der Waals surface area contributed by atoms with Gasteiger partial charge in [0.2, 0.25) is 0 Å². The second-order valence-electron chi connectivity index (χ2n) is 4.58. The number of nitrogens with one attached hydrogen (secondary N) is 1. The number of fused-ring (bicyclic) bond motifs is 1. The Hall–Kier alpha value is -1.93. The number of aromatic nitrogens is 3. The van der Waals surface area contributed by atoms with Crippen LogP contribution >= 0.6 is 11.3 Å². The van der Waals surface area contributed by atoms with Crippen LogP contribution < -0.4 is 4.72 Å². The van der Waals surface area contributed by atoms with Gasteiger partial charge < -0.3 is 0 Å². The molecule has 6 nitrogen and oxygen atoms in total. The Morgan fingerprint density at radius 1 is 1.38 bits per heavy atom. The number of anilines is 1. The molecule has 0 aliphatic heterocycles. The molecule has 0 saturated carbocycles. The molecule has 0 fully saturated rings. The average molecular weight is 322 g/mol. The molecule has 2 heterocycles. The first kappa shape index (κ1) is 14.0. The van der Waals surface area contributed by atoms with Gasteiger partial charge in [0.05, 0.1) is 16.4 Å². The van der Waals surface area contributed by atoms with Crippen LogP contribution in [0.4, 0.5) is 5.13 Å². The molecule has 21 heavy (non-hydrogen) atoms. The summed E-state index contributed by atoms with van der Waals surface area (Å²) >= 11 is 1.32. The zero-order valence-electron chi connectivity index (χ0n) is 11.6. The van der Waals surface area contributed by atoms with E-state index in [1.807, 2.05) is 32.0 Å². The Morgan fingerprint density at radius 2 is 2.19 bits per heavy atom. The summed E-state index contributed by atoms with van der Waals surface area (Å²) in [7, 11) is -3.65. The molecule has 1 N–H and O–H groups in total. The molecular formula is C13H14N4O2S2. The molecular weight excluding hydrogens is 308 g/mol. The number of aryl methyl sites for hydroxylation is 2. The van der Waals surface area contributed by atoms with Gasteiger partial charge in [-0.1, -0.05) is 23.5 Å². The summed E-state index contributed by atoms with van der Waals surface area (Å²) in [4.78, 5) is 4.49. The molecule has 0 aliphatic rings. The number of rotatable bonds is 4. The molecule has 1 aromatic carbocycles. The Balaban J connectivity index is 1.95. The molecule has 0 atom stereocenters. The van der Waals surface area contributed by atoms with Gasteiger partial charge in [0.15, 0.2) is 5.13 Å². The van der Waals surface area contributed by atoms with Gasteiger partial charge in [0.1, 0.15) is 4.90 Å². The summed E-state index contributed by atoms with van der Waals surface area (Å²) < 4.78 is 29.6. The Morgan fingerprint density at radius 3 is 2.86 bits per heavy atom. The number of hydrogen-bond acceptors (Lipinski definition) is 5. The molecule has 0 spiro atoms. The van der Waals surface area contributed by atoms with E-state index < -0.39 is 10.0 Å². The van der Waals surface area contributed by atoms with Gasteiger partial charge in [-0.3, -0.25) is 9.40 Å². The van der Waals surface area contributed by atoms with Crippen molar-refractivity contribution >= 4 is 36.7 Å². The van der Waals surface area contributed by atoms with E-state index in [9.17, 15) is 8.42 Å². The number of benzene rings is 1. The number of hydrogen-bond donors (Lipinski definition) is 1.